The highest BCUT2D eigenvalue weighted by Crippen LogP contribution is 2.36. The van der Waals surface area contributed by atoms with Crippen LogP contribution in [0.1, 0.15) is 33.9 Å². The Morgan fingerprint density at radius 2 is 2.10 bits per heavy atom. The molecule has 1 aromatic heterocycles. The van der Waals surface area contributed by atoms with E-state index in [1.165, 1.54) is 7.11 Å². The highest BCUT2D eigenvalue weighted by atomic mass is 32.1. The van der Waals surface area contributed by atoms with Gasteiger partial charge in [-0.25, -0.2) is 4.79 Å². The lowest BCUT2D eigenvalue weighted by Crippen LogP contribution is -2.22. The fourth-order valence-corrected chi connectivity index (χ4v) is 2.53. The van der Waals surface area contributed by atoms with Crippen LogP contribution in [0.3, 0.4) is 0 Å². The van der Waals surface area contributed by atoms with Gasteiger partial charge in [-0.1, -0.05) is 12.2 Å². The van der Waals surface area contributed by atoms with E-state index in [0.717, 1.165) is 16.9 Å². The minimum absolute atomic E-state index is 0.136. The Morgan fingerprint density at radius 1 is 1.45 bits per heavy atom. The number of carbonyl (C=O) groups excluding carboxylic acids is 2. The maximum absolute atomic E-state index is 11.9. The van der Waals surface area contributed by atoms with E-state index >= 15 is 0 Å². The van der Waals surface area contributed by atoms with Gasteiger partial charge in [-0.05, 0) is 13.8 Å². The van der Waals surface area contributed by atoms with E-state index in [0.29, 0.717) is 23.0 Å². The van der Waals surface area contributed by atoms with Gasteiger partial charge in [-0.15, -0.1) is 11.3 Å². The molecule has 0 bridgehead atoms. The third kappa shape index (κ3) is 3.51. The number of rotatable bonds is 6. The minimum Gasteiger partial charge on any atom is -0.465 e. The lowest BCUT2D eigenvalue weighted by atomic mass is 10.2. The van der Waals surface area contributed by atoms with Crippen molar-refractivity contribution < 1.29 is 14.3 Å². The van der Waals surface area contributed by atoms with E-state index in [1.807, 2.05) is 13.8 Å². The minimum atomic E-state index is -0.571. The number of esters is 1. The lowest BCUT2D eigenvalue weighted by molar-refractivity contribution is 0.0603. The number of amides is 1. The lowest BCUT2D eigenvalue weighted by Gasteiger charge is -2.06. The first-order valence-electron chi connectivity index (χ1n) is 6.09. The predicted octanol–water partition coefficient (Wildman–Crippen LogP) is 1.85. The summed E-state index contributed by atoms with van der Waals surface area (Å²) in [5, 5.41) is 6.22. The van der Waals surface area contributed by atoms with Gasteiger partial charge in [0.2, 0.25) is 0 Å². The molecule has 20 heavy (non-hydrogen) atoms. The number of methoxy groups -OCH3 is 1. The van der Waals surface area contributed by atoms with Crippen LogP contribution < -0.4 is 16.4 Å². The third-order valence-corrected chi connectivity index (χ3v) is 3.59. The summed E-state index contributed by atoms with van der Waals surface area (Å²) >= 11 is 1.13. The van der Waals surface area contributed by atoms with Crippen LogP contribution in [0, 0.1) is 0 Å². The summed E-state index contributed by atoms with van der Waals surface area (Å²) in [6.45, 7) is 8.41. The normalized spacial score (nSPS) is 9.95. The number of nitrogens with two attached hydrogens (primary N) is 1. The van der Waals surface area contributed by atoms with E-state index in [4.69, 9.17) is 10.5 Å². The quantitative estimate of drug-likeness (QED) is 0.550. The molecule has 0 aliphatic carbocycles. The van der Waals surface area contributed by atoms with Crippen LogP contribution in [-0.4, -0.2) is 32.1 Å². The zero-order valence-corrected chi connectivity index (χ0v) is 12.6. The van der Waals surface area contributed by atoms with Gasteiger partial charge in [0.1, 0.15) is 15.4 Å². The predicted molar refractivity (Wildman–Crippen MR) is 81.4 cm³/mol. The first kappa shape index (κ1) is 16.0. The number of thiophene rings is 1. The molecule has 1 rings (SSSR count). The molecule has 0 atom stereocenters. The van der Waals surface area contributed by atoms with Crippen LogP contribution in [0.2, 0.25) is 0 Å². The van der Waals surface area contributed by atoms with Crippen molar-refractivity contribution in [1.82, 2.24) is 5.32 Å². The van der Waals surface area contributed by atoms with Crippen molar-refractivity contribution in [2.45, 2.75) is 13.8 Å². The van der Waals surface area contributed by atoms with Crippen molar-refractivity contribution in [1.29, 1.82) is 0 Å². The van der Waals surface area contributed by atoms with Gasteiger partial charge in [0.15, 0.2) is 0 Å². The fraction of sp³-hybridized carbons (Fsp3) is 0.385. The maximum Gasteiger partial charge on any atom is 0.343 e. The summed E-state index contributed by atoms with van der Waals surface area (Å²) in [5.41, 5.74) is 7.13. The number of hydrogen-bond donors (Lipinski definition) is 3. The summed E-state index contributed by atoms with van der Waals surface area (Å²) < 4.78 is 4.71. The zero-order valence-electron chi connectivity index (χ0n) is 11.8. The van der Waals surface area contributed by atoms with Gasteiger partial charge in [0.05, 0.1) is 12.8 Å². The molecule has 0 radical (unpaired) electrons. The molecule has 4 N–H and O–H groups in total. The molecule has 0 unspecified atom stereocenters. The summed E-state index contributed by atoms with van der Waals surface area (Å²) in [7, 11) is 1.27. The Balaban J connectivity index is 3.19. The maximum atomic E-state index is 11.9. The van der Waals surface area contributed by atoms with E-state index in [-0.39, 0.29) is 17.2 Å². The second-order valence-electron chi connectivity index (χ2n) is 4.21. The van der Waals surface area contributed by atoms with Crippen molar-refractivity contribution in [2.75, 3.05) is 31.2 Å². The molecule has 1 aromatic rings. The number of nitrogen functional groups attached to an aromatic ring is 1. The number of carbonyl (C=O) groups is 2. The summed E-state index contributed by atoms with van der Waals surface area (Å²) in [5.74, 6) is -0.873. The van der Waals surface area contributed by atoms with Crippen LogP contribution in [0.4, 0.5) is 10.7 Å². The molecule has 1 heterocycles. The molecule has 0 aromatic carbocycles. The Morgan fingerprint density at radius 3 is 2.60 bits per heavy atom. The molecular weight excluding hydrogens is 278 g/mol. The molecule has 0 aliphatic heterocycles. The highest BCUT2D eigenvalue weighted by Gasteiger charge is 2.25. The van der Waals surface area contributed by atoms with Crippen LogP contribution in [0.5, 0.6) is 0 Å². The second-order valence-corrected chi connectivity index (χ2v) is 5.23. The standard InChI is InChI=1S/C13H19N3O3S/c1-5-15-11(17)10-9(14)8(13(18)19-4)12(20-10)16-6-7(2)3/h16H,2,5-6,14H2,1,3-4H3,(H,15,17). The van der Waals surface area contributed by atoms with Crippen molar-refractivity contribution >= 4 is 33.9 Å². The second kappa shape index (κ2) is 6.95. The van der Waals surface area contributed by atoms with Crippen molar-refractivity contribution in [3.05, 3.63) is 22.6 Å². The first-order chi connectivity index (χ1) is 9.42. The van der Waals surface area contributed by atoms with Gasteiger partial charge >= 0.3 is 5.97 Å². The molecule has 7 heteroatoms. The molecular formula is C13H19N3O3S. The van der Waals surface area contributed by atoms with Crippen LogP contribution in [0.15, 0.2) is 12.2 Å². The van der Waals surface area contributed by atoms with Crippen LogP contribution >= 0.6 is 11.3 Å². The number of anilines is 2. The average molecular weight is 297 g/mol. The first-order valence-corrected chi connectivity index (χ1v) is 6.91. The van der Waals surface area contributed by atoms with Crippen LogP contribution in [0.25, 0.3) is 0 Å². The smallest absolute Gasteiger partial charge is 0.343 e. The van der Waals surface area contributed by atoms with Crippen molar-refractivity contribution in [3.63, 3.8) is 0 Å². The van der Waals surface area contributed by atoms with Crippen molar-refractivity contribution in [2.24, 2.45) is 0 Å². The Labute approximate surface area is 122 Å². The van der Waals surface area contributed by atoms with Gasteiger partial charge in [0.25, 0.3) is 5.91 Å². The highest BCUT2D eigenvalue weighted by molar-refractivity contribution is 7.19. The average Bonchev–Trinajstić information content (AvgIpc) is 2.73. The Bertz CT molecular complexity index is 537. The molecule has 0 saturated carbocycles. The molecule has 110 valence electrons. The van der Waals surface area contributed by atoms with Gasteiger partial charge in [-0.2, -0.15) is 0 Å². The molecule has 0 fully saturated rings. The SMILES string of the molecule is C=C(C)CNc1sc(C(=O)NCC)c(N)c1C(=O)OC. The van der Waals surface area contributed by atoms with Gasteiger partial charge in [-0.3, -0.25) is 4.79 Å². The largest absolute Gasteiger partial charge is 0.465 e. The van der Waals surface area contributed by atoms with Crippen molar-refractivity contribution in [3.8, 4) is 0 Å². The number of ether oxygens (including phenoxy) is 1. The van der Waals surface area contributed by atoms with Crippen LogP contribution in [-0.2, 0) is 4.74 Å². The van der Waals surface area contributed by atoms with E-state index in [2.05, 4.69) is 17.2 Å². The summed E-state index contributed by atoms with van der Waals surface area (Å²) in [6, 6.07) is 0. The molecule has 0 aliphatic rings. The molecule has 0 saturated heterocycles. The summed E-state index contributed by atoms with van der Waals surface area (Å²) in [6.07, 6.45) is 0. The van der Waals surface area contributed by atoms with E-state index in [9.17, 15) is 9.59 Å². The third-order valence-electron chi connectivity index (χ3n) is 2.43. The molecule has 6 nitrogen and oxygen atoms in total. The summed E-state index contributed by atoms with van der Waals surface area (Å²) in [4.78, 5) is 24.0. The van der Waals surface area contributed by atoms with E-state index in [1.54, 1.807) is 0 Å². The topological polar surface area (TPSA) is 93.5 Å². The fourth-order valence-electron chi connectivity index (χ4n) is 1.51. The zero-order chi connectivity index (χ0) is 15.3. The molecule has 0 spiro atoms. The number of nitrogens with one attached hydrogen (secondary N) is 2. The van der Waals surface area contributed by atoms with Gasteiger partial charge in [0, 0.05) is 13.1 Å². The Hall–Kier alpha value is -2.02. The van der Waals surface area contributed by atoms with Gasteiger partial charge < -0.3 is 21.1 Å². The van der Waals surface area contributed by atoms with E-state index < -0.39 is 5.97 Å². The Kier molecular flexibility index (Phi) is 5.57. The molecule has 1 amide bonds. The monoisotopic (exact) mass is 297 g/mol. The number of hydrogen-bond acceptors (Lipinski definition) is 6.